The summed E-state index contributed by atoms with van der Waals surface area (Å²) in [6, 6.07) is 0. The van der Waals surface area contributed by atoms with E-state index in [1.807, 2.05) is 5.41 Å². The van der Waals surface area contributed by atoms with Crippen LogP contribution in [0, 0.1) is 0 Å². The summed E-state index contributed by atoms with van der Waals surface area (Å²) in [4.78, 5) is 0.891. The van der Waals surface area contributed by atoms with Gasteiger partial charge in [-0.2, -0.15) is 0 Å². The summed E-state index contributed by atoms with van der Waals surface area (Å²) in [6.07, 6.45) is -0.648. The molecule has 52 valence electrons. The Balaban J connectivity index is 2.40. The van der Waals surface area contributed by atoms with Gasteiger partial charge in [0.1, 0.15) is 6.10 Å². The van der Waals surface area contributed by atoms with Gasteiger partial charge in [0, 0.05) is 9.99 Å². The van der Waals surface area contributed by atoms with Gasteiger partial charge in [0.2, 0.25) is 0 Å². The number of hydrogen-bond acceptors (Lipinski definition) is 4. The van der Waals surface area contributed by atoms with Crippen LogP contribution < -0.4 is 0 Å². The van der Waals surface area contributed by atoms with E-state index in [0.717, 1.165) is 9.99 Å². The van der Waals surface area contributed by atoms with Crippen LogP contribution in [0.1, 0.15) is 0 Å². The molecule has 0 radical (unpaired) electrons. The molecule has 9 heavy (non-hydrogen) atoms. The standard InChI is InChI=1S/C5H8O2S2/c6-1-4(7)5-2-8-3-9-5/h2,4,6-7H,1,3H2. The van der Waals surface area contributed by atoms with Gasteiger partial charge in [0.15, 0.2) is 0 Å². The Hall–Kier alpha value is 0.360. The molecule has 2 N–H and O–H groups in total. The highest BCUT2D eigenvalue weighted by Gasteiger charge is 2.13. The molecule has 1 aliphatic heterocycles. The molecular weight excluding hydrogens is 156 g/mol. The molecular formula is C5H8O2S2. The molecule has 0 bridgehead atoms. The lowest BCUT2D eigenvalue weighted by Crippen LogP contribution is -2.11. The van der Waals surface area contributed by atoms with Gasteiger partial charge in [-0.05, 0) is 5.41 Å². The topological polar surface area (TPSA) is 40.5 Å². The molecule has 0 saturated carbocycles. The predicted molar refractivity (Wildman–Crippen MR) is 41.2 cm³/mol. The fourth-order valence-corrected chi connectivity index (χ4v) is 2.67. The highest BCUT2D eigenvalue weighted by Crippen LogP contribution is 2.33. The van der Waals surface area contributed by atoms with Crippen LogP contribution >= 0.6 is 23.5 Å². The molecule has 0 aromatic rings. The second kappa shape index (κ2) is 3.51. The molecule has 1 unspecified atom stereocenters. The van der Waals surface area contributed by atoms with E-state index in [1.54, 1.807) is 23.5 Å². The Morgan fingerprint density at radius 2 is 2.56 bits per heavy atom. The fraction of sp³-hybridized carbons (Fsp3) is 0.600. The van der Waals surface area contributed by atoms with Crippen molar-refractivity contribution in [2.75, 3.05) is 11.7 Å². The minimum Gasteiger partial charge on any atom is -0.393 e. The third-order valence-corrected chi connectivity index (χ3v) is 3.30. The van der Waals surface area contributed by atoms with Crippen molar-refractivity contribution >= 4 is 23.5 Å². The Morgan fingerprint density at radius 1 is 1.78 bits per heavy atom. The van der Waals surface area contributed by atoms with Crippen LogP contribution in [0.3, 0.4) is 0 Å². The first-order valence-corrected chi connectivity index (χ1v) is 4.61. The molecule has 0 aliphatic carbocycles. The SMILES string of the molecule is OCC(O)C1=CSCS1. The zero-order chi connectivity index (χ0) is 6.69. The van der Waals surface area contributed by atoms with Gasteiger partial charge >= 0.3 is 0 Å². The van der Waals surface area contributed by atoms with Crippen LogP contribution in [0.15, 0.2) is 10.3 Å². The van der Waals surface area contributed by atoms with Crippen molar-refractivity contribution in [3.8, 4) is 0 Å². The number of aliphatic hydroxyl groups excluding tert-OH is 2. The zero-order valence-corrected chi connectivity index (χ0v) is 6.41. The third kappa shape index (κ3) is 1.89. The minimum absolute atomic E-state index is 0.167. The highest BCUT2D eigenvalue weighted by molar-refractivity contribution is 8.22. The maximum Gasteiger partial charge on any atom is 0.108 e. The number of thioether (sulfide) groups is 2. The molecule has 4 heteroatoms. The van der Waals surface area contributed by atoms with Crippen LogP contribution in [-0.2, 0) is 0 Å². The van der Waals surface area contributed by atoms with E-state index >= 15 is 0 Å². The molecule has 0 fully saturated rings. The van der Waals surface area contributed by atoms with Gasteiger partial charge in [-0.3, -0.25) is 0 Å². The van der Waals surface area contributed by atoms with E-state index in [0.29, 0.717) is 0 Å². The largest absolute Gasteiger partial charge is 0.393 e. The maximum absolute atomic E-state index is 9.01. The van der Waals surface area contributed by atoms with E-state index in [9.17, 15) is 0 Å². The van der Waals surface area contributed by atoms with Crippen molar-refractivity contribution in [3.63, 3.8) is 0 Å². The average molecular weight is 164 g/mol. The van der Waals surface area contributed by atoms with Crippen molar-refractivity contribution in [1.82, 2.24) is 0 Å². The minimum atomic E-state index is -0.648. The van der Waals surface area contributed by atoms with Gasteiger partial charge in [-0.15, -0.1) is 23.5 Å². The highest BCUT2D eigenvalue weighted by atomic mass is 32.2. The van der Waals surface area contributed by atoms with Gasteiger partial charge in [0.25, 0.3) is 0 Å². The molecule has 1 aliphatic rings. The van der Waals surface area contributed by atoms with Crippen LogP contribution in [0.25, 0.3) is 0 Å². The van der Waals surface area contributed by atoms with E-state index in [1.165, 1.54) is 0 Å². The summed E-state index contributed by atoms with van der Waals surface area (Å²) in [6.45, 7) is -0.167. The van der Waals surface area contributed by atoms with Crippen LogP contribution in [0.2, 0.25) is 0 Å². The summed E-state index contributed by atoms with van der Waals surface area (Å²) in [5, 5.41) is 20.3. The summed E-state index contributed by atoms with van der Waals surface area (Å²) < 4.78 is 0. The van der Waals surface area contributed by atoms with E-state index in [4.69, 9.17) is 10.2 Å². The first-order valence-electron chi connectivity index (χ1n) is 2.58. The summed E-state index contributed by atoms with van der Waals surface area (Å²) in [7, 11) is 0. The smallest absolute Gasteiger partial charge is 0.108 e. The molecule has 0 saturated heterocycles. The van der Waals surface area contributed by atoms with Crippen molar-refractivity contribution in [3.05, 3.63) is 10.3 Å². The Labute approximate surface area is 62.3 Å². The fourth-order valence-electron chi connectivity index (χ4n) is 0.517. The average Bonchev–Trinajstić information content (AvgIpc) is 2.37. The molecule has 1 rings (SSSR count). The molecule has 2 nitrogen and oxygen atoms in total. The number of rotatable bonds is 2. The van der Waals surface area contributed by atoms with E-state index in [2.05, 4.69) is 0 Å². The molecule has 0 aromatic carbocycles. The Bertz CT molecular complexity index is 124. The Morgan fingerprint density at radius 3 is 3.00 bits per heavy atom. The quantitative estimate of drug-likeness (QED) is 0.627. The third-order valence-electron chi connectivity index (χ3n) is 0.994. The summed E-state index contributed by atoms with van der Waals surface area (Å²) >= 11 is 3.24. The molecule has 0 amide bonds. The maximum atomic E-state index is 9.01. The van der Waals surface area contributed by atoms with Crippen LogP contribution in [0.4, 0.5) is 0 Å². The molecule has 0 aromatic heterocycles. The van der Waals surface area contributed by atoms with Gasteiger partial charge in [-0.1, -0.05) is 0 Å². The zero-order valence-electron chi connectivity index (χ0n) is 4.78. The van der Waals surface area contributed by atoms with E-state index < -0.39 is 6.10 Å². The second-order valence-electron chi connectivity index (χ2n) is 1.65. The van der Waals surface area contributed by atoms with Crippen molar-refractivity contribution < 1.29 is 10.2 Å². The molecule has 1 heterocycles. The van der Waals surface area contributed by atoms with Crippen LogP contribution in [0.5, 0.6) is 0 Å². The van der Waals surface area contributed by atoms with Crippen molar-refractivity contribution in [2.24, 2.45) is 0 Å². The summed E-state index contributed by atoms with van der Waals surface area (Å²) in [5.74, 6) is 0. The number of aliphatic hydroxyl groups is 2. The van der Waals surface area contributed by atoms with Gasteiger partial charge < -0.3 is 10.2 Å². The second-order valence-corrected chi connectivity index (χ2v) is 3.92. The monoisotopic (exact) mass is 164 g/mol. The lowest BCUT2D eigenvalue weighted by atomic mass is 10.4. The lowest BCUT2D eigenvalue weighted by Gasteiger charge is -2.04. The van der Waals surface area contributed by atoms with E-state index in [-0.39, 0.29) is 6.61 Å². The summed E-state index contributed by atoms with van der Waals surface area (Å²) in [5.41, 5.74) is 0. The van der Waals surface area contributed by atoms with Gasteiger partial charge in [0.05, 0.1) is 6.61 Å². The lowest BCUT2D eigenvalue weighted by molar-refractivity contribution is 0.128. The Kier molecular flexibility index (Phi) is 2.91. The van der Waals surface area contributed by atoms with Crippen molar-refractivity contribution in [1.29, 1.82) is 0 Å². The normalized spacial score (nSPS) is 21.8. The number of hydrogen-bond donors (Lipinski definition) is 2. The first-order chi connectivity index (χ1) is 4.34. The molecule has 1 atom stereocenters. The first kappa shape index (κ1) is 7.47. The van der Waals surface area contributed by atoms with Crippen molar-refractivity contribution in [2.45, 2.75) is 6.10 Å². The molecule has 0 spiro atoms. The van der Waals surface area contributed by atoms with Gasteiger partial charge in [-0.25, -0.2) is 0 Å². The van der Waals surface area contributed by atoms with Crippen LogP contribution in [-0.4, -0.2) is 28.0 Å². The predicted octanol–water partition coefficient (Wildman–Crippen LogP) is 0.619.